The van der Waals surface area contributed by atoms with Crippen LogP contribution in [-0.4, -0.2) is 41.7 Å². The van der Waals surface area contributed by atoms with Gasteiger partial charge in [0.2, 0.25) is 0 Å². The lowest BCUT2D eigenvalue weighted by molar-refractivity contribution is -0.820. The third-order valence-corrected chi connectivity index (χ3v) is 4.27. The van der Waals surface area contributed by atoms with Crippen LogP contribution in [0.4, 0.5) is 0 Å². The van der Waals surface area contributed by atoms with Crippen molar-refractivity contribution in [3.63, 3.8) is 0 Å². The van der Waals surface area contributed by atoms with Crippen LogP contribution in [0.3, 0.4) is 0 Å². The van der Waals surface area contributed by atoms with E-state index in [4.69, 9.17) is 11.1 Å². The molecule has 21 heavy (non-hydrogen) atoms. The van der Waals surface area contributed by atoms with Crippen LogP contribution in [0.1, 0.15) is 71.1 Å². The predicted octanol–water partition coefficient (Wildman–Crippen LogP) is 3.33. The zero-order valence-electron chi connectivity index (χ0n) is 14.0. The van der Waals surface area contributed by atoms with Gasteiger partial charge in [0, 0.05) is 6.42 Å². The zero-order valence-corrected chi connectivity index (χ0v) is 14.0. The first-order chi connectivity index (χ1) is 9.84. The van der Waals surface area contributed by atoms with E-state index in [1.165, 1.54) is 44.9 Å². The summed E-state index contributed by atoms with van der Waals surface area (Å²) < 4.78 is -0.0631. The number of aliphatic carboxylic acids is 1. The number of likely N-dealkylation sites (N-methyl/N-ethyl adjacent to an activating group) is 1. The summed E-state index contributed by atoms with van der Waals surface area (Å²) in [6.45, 7) is 2.22. The molecule has 0 aromatic heterocycles. The molecule has 0 aliphatic heterocycles. The summed E-state index contributed by atoms with van der Waals surface area (Å²) >= 11 is 0. The van der Waals surface area contributed by atoms with Crippen LogP contribution in [0.2, 0.25) is 0 Å². The van der Waals surface area contributed by atoms with Gasteiger partial charge in [-0.2, -0.15) is 0 Å². The van der Waals surface area contributed by atoms with E-state index in [-0.39, 0.29) is 10.4 Å². The Morgan fingerprint density at radius 1 is 1.05 bits per heavy atom. The first-order valence-electron chi connectivity index (χ1n) is 8.25. The van der Waals surface area contributed by atoms with E-state index in [1.807, 2.05) is 0 Å². The Morgan fingerprint density at radius 3 is 1.86 bits per heavy atom. The molecule has 0 bridgehead atoms. The molecule has 1 atom stereocenters. The number of carboxylic acid groups (broad SMARTS) is 1. The van der Waals surface area contributed by atoms with Crippen LogP contribution in [0.25, 0.3) is 0 Å². The quantitative estimate of drug-likeness (QED) is 0.223. The Morgan fingerprint density at radius 2 is 1.48 bits per heavy atom. The molecular formula is C16H34N3O2+. The van der Waals surface area contributed by atoms with Crippen molar-refractivity contribution in [1.82, 2.24) is 0 Å². The molecule has 0 saturated heterocycles. The third-order valence-electron chi connectivity index (χ3n) is 4.27. The summed E-state index contributed by atoms with van der Waals surface area (Å²) in [5.41, 5.74) is 5.51. The summed E-state index contributed by atoms with van der Waals surface area (Å²) in [7, 11) is 3.38. The van der Waals surface area contributed by atoms with Gasteiger partial charge in [0.05, 0.1) is 14.1 Å². The minimum atomic E-state index is -0.866. The molecule has 5 nitrogen and oxygen atoms in total. The van der Waals surface area contributed by atoms with Crippen LogP contribution < -0.4 is 5.73 Å². The Labute approximate surface area is 129 Å². The van der Waals surface area contributed by atoms with Crippen molar-refractivity contribution in [1.29, 1.82) is 5.41 Å². The maximum Gasteiger partial charge on any atom is 0.363 e. The molecule has 0 radical (unpaired) electrons. The monoisotopic (exact) mass is 300 g/mol. The summed E-state index contributed by atoms with van der Waals surface area (Å²) in [5.74, 6) is -0.965. The van der Waals surface area contributed by atoms with Gasteiger partial charge in [-0.25, -0.2) is 10.2 Å². The number of guanidine groups is 1. The van der Waals surface area contributed by atoms with Gasteiger partial charge in [0.15, 0.2) is 6.04 Å². The number of nitrogens with two attached hydrogens (primary N) is 1. The molecule has 0 heterocycles. The van der Waals surface area contributed by atoms with Crippen LogP contribution in [0.5, 0.6) is 0 Å². The Balaban J connectivity index is 3.87. The molecule has 0 saturated carbocycles. The predicted molar refractivity (Wildman–Crippen MR) is 87.3 cm³/mol. The average Bonchev–Trinajstić information content (AvgIpc) is 2.40. The van der Waals surface area contributed by atoms with E-state index in [1.54, 1.807) is 14.1 Å². The second-order valence-electron chi connectivity index (χ2n) is 6.40. The van der Waals surface area contributed by atoms with Gasteiger partial charge in [-0.15, -0.1) is 0 Å². The fraction of sp³-hybridized carbons (Fsp3) is 0.875. The maximum absolute atomic E-state index is 11.3. The zero-order chi connectivity index (χ0) is 16.3. The summed E-state index contributed by atoms with van der Waals surface area (Å²) in [5, 5.41) is 16.8. The highest BCUT2D eigenvalue weighted by atomic mass is 16.4. The van der Waals surface area contributed by atoms with Crippen molar-refractivity contribution in [3.8, 4) is 0 Å². The normalized spacial score (nSPS) is 13.1. The molecule has 5 heteroatoms. The fourth-order valence-electron chi connectivity index (χ4n) is 2.54. The topological polar surface area (TPSA) is 87.2 Å². The number of nitrogens with one attached hydrogen (secondary N) is 1. The van der Waals surface area contributed by atoms with Gasteiger partial charge >= 0.3 is 5.97 Å². The smallest absolute Gasteiger partial charge is 0.363 e. The second kappa shape index (κ2) is 10.6. The number of nitrogens with zero attached hydrogens (tertiary/aromatic N) is 1. The van der Waals surface area contributed by atoms with Crippen LogP contribution in [0, 0.1) is 5.41 Å². The van der Waals surface area contributed by atoms with E-state index < -0.39 is 12.0 Å². The lowest BCUT2D eigenvalue weighted by Gasteiger charge is -2.32. The third kappa shape index (κ3) is 8.05. The Hall–Kier alpha value is -1.10. The minimum absolute atomic E-state index is 0.0631. The van der Waals surface area contributed by atoms with Crippen LogP contribution in [0.15, 0.2) is 0 Å². The van der Waals surface area contributed by atoms with Crippen molar-refractivity contribution in [2.75, 3.05) is 14.1 Å². The van der Waals surface area contributed by atoms with Crippen molar-refractivity contribution < 1.29 is 14.4 Å². The fourth-order valence-corrected chi connectivity index (χ4v) is 2.54. The first kappa shape index (κ1) is 19.9. The molecule has 0 amide bonds. The number of hydrogen-bond acceptors (Lipinski definition) is 2. The standard InChI is InChI=1S/C16H33N3O2/c1-4-5-6-7-8-9-10-11-12-13-14(15(20)21)19(2,3)16(17)18/h14H,4-13H2,1-3H3,(H3-,17,18,20,21)/p+1. The van der Waals surface area contributed by atoms with E-state index in [0.29, 0.717) is 6.42 Å². The number of quaternary nitrogens is 1. The summed E-state index contributed by atoms with van der Waals surface area (Å²) in [6, 6.07) is -0.618. The van der Waals surface area contributed by atoms with Crippen LogP contribution >= 0.6 is 0 Å². The summed E-state index contributed by atoms with van der Waals surface area (Å²) in [6.07, 6.45) is 11.5. The highest BCUT2D eigenvalue weighted by Gasteiger charge is 2.37. The van der Waals surface area contributed by atoms with E-state index in [2.05, 4.69) is 6.92 Å². The molecular weight excluding hydrogens is 266 g/mol. The largest absolute Gasteiger partial charge is 0.477 e. The van der Waals surface area contributed by atoms with E-state index in [0.717, 1.165) is 12.8 Å². The molecule has 124 valence electrons. The highest BCUT2D eigenvalue weighted by Crippen LogP contribution is 2.16. The molecule has 0 aliphatic carbocycles. The Kier molecular flexibility index (Phi) is 10.0. The van der Waals surface area contributed by atoms with Gasteiger partial charge in [0.25, 0.3) is 5.96 Å². The van der Waals surface area contributed by atoms with Crippen LogP contribution in [-0.2, 0) is 4.79 Å². The van der Waals surface area contributed by atoms with Crippen molar-refractivity contribution in [3.05, 3.63) is 0 Å². The van der Waals surface area contributed by atoms with E-state index in [9.17, 15) is 9.90 Å². The number of unbranched alkanes of at least 4 members (excludes halogenated alkanes) is 8. The van der Waals surface area contributed by atoms with Crippen molar-refractivity contribution in [2.45, 2.75) is 77.2 Å². The SMILES string of the molecule is CCCCCCCCCCCC(C(=O)O)[N+](C)(C)C(=N)N. The van der Waals surface area contributed by atoms with Gasteiger partial charge < -0.3 is 10.8 Å². The molecule has 4 N–H and O–H groups in total. The summed E-state index contributed by atoms with van der Waals surface area (Å²) in [4.78, 5) is 11.3. The van der Waals surface area contributed by atoms with Gasteiger partial charge in [-0.05, 0) is 6.42 Å². The van der Waals surface area contributed by atoms with Crippen molar-refractivity contribution >= 4 is 11.9 Å². The maximum atomic E-state index is 11.3. The number of hydrogen-bond donors (Lipinski definition) is 3. The molecule has 0 aromatic rings. The molecule has 0 aliphatic rings. The lowest BCUT2D eigenvalue weighted by Crippen LogP contribution is -2.59. The average molecular weight is 300 g/mol. The lowest BCUT2D eigenvalue weighted by atomic mass is 10.0. The van der Waals surface area contributed by atoms with Gasteiger partial charge in [0.1, 0.15) is 0 Å². The van der Waals surface area contributed by atoms with Gasteiger partial charge in [-0.3, -0.25) is 4.48 Å². The molecule has 1 unspecified atom stereocenters. The van der Waals surface area contributed by atoms with E-state index >= 15 is 0 Å². The Bertz CT molecular complexity index is 317. The molecule has 0 fully saturated rings. The molecule has 0 rings (SSSR count). The highest BCUT2D eigenvalue weighted by molar-refractivity contribution is 5.76. The number of carbonyl (C=O) groups is 1. The molecule has 0 aromatic carbocycles. The van der Waals surface area contributed by atoms with Crippen molar-refractivity contribution in [2.24, 2.45) is 5.73 Å². The first-order valence-corrected chi connectivity index (χ1v) is 8.25. The number of rotatable bonds is 12. The van der Waals surface area contributed by atoms with Gasteiger partial charge in [-0.1, -0.05) is 58.3 Å². The minimum Gasteiger partial charge on any atom is -0.477 e. The second-order valence-corrected chi connectivity index (χ2v) is 6.40. The number of carboxylic acids is 1. The molecule has 0 spiro atoms.